The average molecular weight is 400 g/mol. The highest BCUT2D eigenvalue weighted by molar-refractivity contribution is 5.75. The molecule has 0 heterocycles. The predicted octanol–water partition coefficient (Wildman–Crippen LogP) is 7.12. The second kappa shape index (κ2) is 18.0. The molecule has 0 aliphatic heterocycles. The number of amides is 1. The number of unbranched alkanes of at least 4 members (excludes halogenated alkanes) is 8. The fourth-order valence-corrected chi connectivity index (χ4v) is 3.17. The molecule has 0 aliphatic rings. The molecular formula is C26H41NO2. The number of carbonyl (C=O) groups is 1. The van der Waals surface area contributed by atoms with Crippen LogP contribution in [0.15, 0.2) is 48.6 Å². The lowest BCUT2D eigenvalue weighted by Gasteiger charge is -2.07. The first-order valence-electron chi connectivity index (χ1n) is 11.5. The van der Waals surface area contributed by atoms with Gasteiger partial charge in [0.2, 0.25) is 5.91 Å². The summed E-state index contributed by atoms with van der Waals surface area (Å²) in [6, 6.07) is 7.81. The zero-order valence-electron chi connectivity index (χ0n) is 18.6. The summed E-state index contributed by atoms with van der Waals surface area (Å²) in [7, 11) is 1.65. The summed E-state index contributed by atoms with van der Waals surface area (Å²) in [5.74, 6) is 0.962. The molecule has 1 rings (SSSR count). The lowest BCUT2D eigenvalue weighted by atomic mass is 10.1. The number of nitrogens with one attached hydrogen (secondary N) is 1. The van der Waals surface area contributed by atoms with Crippen LogP contribution in [0.3, 0.4) is 0 Å². The van der Waals surface area contributed by atoms with E-state index in [9.17, 15) is 4.79 Å². The van der Waals surface area contributed by atoms with E-state index in [4.69, 9.17) is 4.74 Å². The number of methoxy groups -OCH3 is 1. The molecule has 3 heteroatoms. The van der Waals surface area contributed by atoms with Crippen molar-refractivity contribution < 1.29 is 9.53 Å². The van der Waals surface area contributed by atoms with Crippen LogP contribution >= 0.6 is 0 Å². The molecule has 0 bridgehead atoms. The fourth-order valence-electron chi connectivity index (χ4n) is 3.17. The van der Waals surface area contributed by atoms with Crippen molar-refractivity contribution in [1.82, 2.24) is 5.32 Å². The third-order valence-electron chi connectivity index (χ3n) is 4.98. The maximum atomic E-state index is 11.9. The van der Waals surface area contributed by atoms with Crippen LogP contribution in [0.5, 0.6) is 5.75 Å². The average Bonchev–Trinajstić information content (AvgIpc) is 2.75. The van der Waals surface area contributed by atoms with Crippen molar-refractivity contribution >= 4 is 5.91 Å². The zero-order chi connectivity index (χ0) is 21.0. The smallest absolute Gasteiger partial charge is 0.220 e. The Morgan fingerprint density at radius 1 is 0.931 bits per heavy atom. The van der Waals surface area contributed by atoms with E-state index >= 15 is 0 Å². The molecule has 162 valence electrons. The number of benzene rings is 1. The van der Waals surface area contributed by atoms with Crippen molar-refractivity contribution in [3.8, 4) is 5.75 Å². The number of hydrogen-bond donors (Lipinski definition) is 1. The van der Waals surface area contributed by atoms with Crippen molar-refractivity contribution in [1.29, 1.82) is 0 Å². The molecule has 29 heavy (non-hydrogen) atoms. The minimum Gasteiger partial charge on any atom is -0.497 e. The predicted molar refractivity (Wildman–Crippen MR) is 124 cm³/mol. The van der Waals surface area contributed by atoms with Crippen molar-refractivity contribution in [2.45, 2.75) is 90.5 Å². The molecule has 0 radical (unpaired) electrons. The van der Waals surface area contributed by atoms with E-state index in [0.29, 0.717) is 13.0 Å². The molecule has 1 N–H and O–H groups in total. The molecular weight excluding hydrogens is 358 g/mol. The Balaban J connectivity index is 1.92. The normalized spacial score (nSPS) is 11.4. The number of carbonyl (C=O) groups excluding carboxylic acids is 1. The van der Waals surface area contributed by atoms with Crippen molar-refractivity contribution in [2.24, 2.45) is 0 Å². The summed E-state index contributed by atoms with van der Waals surface area (Å²) in [5.41, 5.74) is 1.07. The van der Waals surface area contributed by atoms with Gasteiger partial charge in [-0.3, -0.25) is 4.79 Å². The van der Waals surface area contributed by atoms with Crippen LogP contribution < -0.4 is 10.1 Å². The van der Waals surface area contributed by atoms with E-state index in [1.54, 1.807) is 7.11 Å². The highest BCUT2D eigenvalue weighted by Crippen LogP contribution is 2.12. The van der Waals surface area contributed by atoms with Gasteiger partial charge in [0.05, 0.1) is 7.11 Å². The molecule has 0 fully saturated rings. The Morgan fingerprint density at radius 2 is 1.62 bits per heavy atom. The molecule has 1 aromatic rings. The van der Waals surface area contributed by atoms with Gasteiger partial charge in [-0.05, 0) is 56.2 Å². The summed E-state index contributed by atoms with van der Waals surface area (Å²) in [5, 5.41) is 2.99. The van der Waals surface area contributed by atoms with Crippen LogP contribution in [0.4, 0.5) is 0 Å². The summed E-state index contributed by atoms with van der Waals surface area (Å²) in [6.45, 7) is 2.81. The highest BCUT2D eigenvalue weighted by Gasteiger charge is 2.02. The fraction of sp³-hybridized carbons (Fsp3) is 0.577. The topological polar surface area (TPSA) is 38.3 Å². The number of ether oxygens (including phenoxy) is 1. The first kappa shape index (κ1) is 25.0. The summed E-state index contributed by atoms with van der Waals surface area (Å²) in [4.78, 5) is 11.9. The minimum atomic E-state index is 0.138. The monoisotopic (exact) mass is 399 g/mol. The van der Waals surface area contributed by atoms with Crippen LogP contribution in [0.2, 0.25) is 0 Å². The Labute approximate surface area is 178 Å². The number of allylic oxidation sites excluding steroid dienone is 4. The van der Waals surface area contributed by atoms with Crippen LogP contribution in [-0.4, -0.2) is 13.0 Å². The van der Waals surface area contributed by atoms with Crippen LogP contribution in [0.1, 0.15) is 89.5 Å². The zero-order valence-corrected chi connectivity index (χ0v) is 18.6. The van der Waals surface area contributed by atoms with Gasteiger partial charge in [-0.15, -0.1) is 0 Å². The van der Waals surface area contributed by atoms with Gasteiger partial charge >= 0.3 is 0 Å². The minimum absolute atomic E-state index is 0.138. The number of hydrogen-bond acceptors (Lipinski definition) is 2. The van der Waals surface area contributed by atoms with Crippen LogP contribution in [0, 0.1) is 0 Å². The molecule has 1 aromatic carbocycles. The first-order chi connectivity index (χ1) is 14.3. The van der Waals surface area contributed by atoms with Gasteiger partial charge in [0, 0.05) is 13.0 Å². The molecule has 0 atom stereocenters. The summed E-state index contributed by atoms with van der Waals surface area (Å²) >= 11 is 0. The molecule has 0 aliphatic carbocycles. The molecule has 0 spiro atoms. The SMILES string of the molecule is CCCCC/C=C\C/C=C\CCCCCCCC(=O)NCc1cccc(OC)c1. The van der Waals surface area contributed by atoms with E-state index in [2.05, 4.69) is 36.5 Å². The Bertz CT molecular complexity index is 592. The lowest BCUT2D eigenvalue weighted by molar-refractivity contribution is -0.121. The second-order valence-electron chi connectivity index (χ2n) is 7.61. The standard InChI is InChI=1S/C26H41NO2/c1-3-4-5-6-7-8-9-10-11-12-13-14-15-16-17-21-26(28)27-23-24-19-18-20-25(22-24)29-2/h7-8,10-11,18-20,22H,3-6,9,12-17,21,23H2,1-2H3,(H,27,28)/b8-7-,11-10-. The van der Waals surface area contributed by atoms with E-state index in [1.165, 1.54) is 51.4 Å². The Morgan fingerprint density at radius 3 is 2.34 bits per heavy atom. The molecule has 0 unspecified atom stereocenters. The summed E-state index contributed by atoms with van der Waals surface area (Å²) < 4.78 is 5.20. The maximum Gasteiger partial charge on any atom is 0.220 e. The van der Waals surface area contributed by atoms with Gasteiger partial charge < -0.3 is 10.1 Å². The van der Waals surface area contributed by atoms with E-state index in [-0.39, 0.29) is 5.91 Å². The van der Waals surface area contributed by atoms with Gasteiger partial charge in [0.25, 0.3) is 0 Å². The van der Waals surface area contributed by atoms with E-state index in [1.807, 2.05) is 24.3 Å². The summed E-state index contributed by atoms with van der Waals surface area (Å²) in [6.07, 6.45) is 23.1. The third kappa shape index (κ3) is 14.6. The second-order valence-corrected chi connectivity index (χ2v) is 7.61. The van der Waals surface area contributed by atoms with Gasteiger partial charge in [-0.25, -0.2) is 0 Å². The van der Waals surface area contributed by atoms with Crippen LogP contribution in [0.25, 0.3) is 0 Å². The van der Waals surface area contributed by atoms with Gasteiger partial charge in [-0.2, -0.15) is 0 Å². The van der Waals surface area contributed by atoms with Crippen molar-refractivity contribution in [2.75, 3.05) is 7.11 Å². The quantitative estimate of drug-likeness (QED) is 0.224. The highest BCUT2D eigenvalue weighted by atomic mass is 16.5. The molecule has 1 amide bonds. The Hall–Kier alpha value is -2.03. The van der Waals surface area contributed by atoms with Gasteiger partial charge in [-0.1, -0.05) is 75.5 Å². The maximum absolute atomic E-state index is 11.9. The Kier molecular flexibility index (Phi) is 15.5. The van der Waals surface area contributed by atoms with Crippen LogP contribution in [-0.2, 0) is 11.3 Å². The molecule has 3 nitrogen and oxygen atoms in total. The van der Waals surface area contributed by atoms with Gasteiger partial charge in [0.1, 0.15) is 5.75 Å². The van der Waals surface area contributed by atoms with E-state index < -0.39 is 0 Å². The lowest BCUT2D eigenvalue weighted by Crippen LogP contribution is -2.22. The molecule has 0 saturated heterocycles. The molecule has 0 aromatic heterocycles. The van der Waals surface area contributed by atoms with Gasteiger partial charge in [0.15, 0.2) is 0 Å². The largest absolute Gasteiger partial charge is 0.497 e. The van der Waals surface area contributed by atoms with E-state index in [0.717, 1.165) is 30.6 Å². The number of rotatable bonds is 17. The first-order valence-corrected chi connectivity index (χ1v) is 11.5. The van der Waals surface area contributed by atoms with Crippen molar-refractivity contribution in [3.05, 3.63) is 54.1 Å². The third-order valence-corrected chi connectivity index (χ3v) is 4.98. The molecule has 0 saturated carbocycles. The van der Waals surface area contributed by atoms with Crippen molar-refractivity contribution in [3.63, 3.8) is 0 Å².